The molecule has 1 amide bonds. The lowest BCUT2D eigenvalue weighted by atomic mass is 9.99. The van der Waals surface area contributed by atoms with Gasteiger partial charge in [-0.15, -0.1) is 0 Å². The van der Waals surface area contributed by atoms with E-state index in [0.717, 1.165) is 19.1 Å². The molecule has 0 radical (unpaired) electrons. The van der Waals surface area contributed by atoms with Gasteiger partial charge in [0.15, 0.2) is 0 Å². The Kier molecular flexibility index (Phi) is 5.13. The Morgan fingerprint density at radius 3 is 2.72 bits per heavy atom. The molecule has 4 nitrogen and oxygen atoms in total. The standard InChI is InChI=1S/C14H21NO3/c1-14(2,3)18-13(17)15-12(10-16)9-11-7-5-4-6-8-11/h4-5,8,10,12H,6-7,9H2,1-3H3,(H,15,17). The predicted molar refractivity (Wildman–Crippen MR) is 70.3 cm³/mol. The zero-order valence-corrected chi connectivity index (χ0v) is 11.2. The summed E-state index contributed by atoms with van der Waals surface area (Å²) < 4.78 is 5.12. The van der Waals surface area contributed by atoms with Crippen LogP contribution in [0.4, 0.5) is 4.79 Å². The van der Waals surface area contributed by atoms with Crippen LogP contribution in [0.3, 0.4) is 0 Å². The van der Waals surface area contributed by atoms with Crippen molar-refractivity contribution in [2.45, 2.75) is 51.7 Å². The van der Waals surface area contributed by atoms with Crippen molar-refractivity contribution < 1.29 is 14.3 Å². The molecule has 18 heavy (non-hydrogen) atoms. The number of allylic oxidation sites excluding steroid dienone is 3. The molecular weight excluding hydrogens is 230 g/mol. The molecule has 0 saturated heterocycles. The number of carbonyl (C=O) groups is 2. The second kappa shape index (κ2) is 6.38. The Bertz CT molecular complexity index is 364. The maximum absolute atomic E-state index is 11.5. The van der Waals surface area contributed by atoms with Gasteiger partial charge in [0, 0.05) is 0 Å². The van der Waals surface area contributed by atoms with Crippen LogP contribution < -0.4 is 5.32 Å². The number of amides is 1. The van der Waals surface area contributed by atoms with Gasteiger partial charge in [-0.2, -0.15) is 0 Å². The number of alkyl carbamates (subject to hydrolysis) is 1. The van der Waals surface area contributed by atoms with Gasteiger partial charge in [0.05, 0.1) is 6.04 Å². The molecule has 1 aliphatic rings. The van der Waals surface area contributed by atoms with Crippen molar-refractivity contribution in [2.24, 2.45) is 0 Å². The molecule has 1 N–H and O–H groups in total. The van der Waals surface area contributed by atoms with Crippen LogP contribution >= 0.6 is 0 Å². The van der Waals surface area contributed by atoms with E-state index in [-0.39, 0.29) is 0 Å². The van der Waals surface area contributed by atoms with Crippen LogP contribution in [0, 0.1) is 0 Å². The molecule has 0 aromatic rings. The lowest BCUT2D eigenvalue weighted by molar-refractivity contribution is -0.109. The fourth-order valence-corrected chi connectivity index (χ4v) is 1.69. The molecule has 0 spiro atoms. The van der Waals surface area contributed by atoms with Gasteiger partial charge in [0.25, 0.3) is 0 Å². The molecule has 0 fully saturated rings. The summed E-state index contributed by atoms with van der Waals surface area (Å²) in [6.45, 7) is 5.37. The van der Waals surface area contributed by atoms with Gasteiger partial charge in [-0.1, -0.05) is 23.8 Å². The van der Waals surface area contributed by atoms with Crippen molar-refractivity contribution in [3.05, 3.63) is 23.8 Å². The van der Waals surface area contributed by atoms with E-state index in [1.165, 1.54) is 5.57 Å². The third-order valence-corrected chi connectivity index (χ3v) is 2.44. The Morgan fingerprint density at radius 2 is 2.22 bits per heavy atom. The van der Waals surface area contributed by atoms with Crippen molar-refractivity contribution >= 4 is 12.4 Å². The molecule has 0 aromatic carbocycles. The topological polar surface area (TPSA) is 55.4 Å². The van der Waals surface area contributed by atoms with Gasteiger partial charge in [-0.3, -0.25) is 0 Å². The van der Waals surface area contributed by atoms with Gasteiger partial charge in [0.1, 0.15) is 11.9 Å². The van der Waals surface area contributed by atoms with Crippen LogP contribution in [0.5, 0.6) is 0 Å². The molecule has 0 bridgehead atoms. The first-order valence-electron chi connectivity index (χ1n) is 6.18. The highest BCUT2D eigenvalue weighted by atomic mass is 16.6. The first-order valence-corrected chi connectivity index (χ1v) is 6.18. The number of nitrogens with one attached hydrogen (secondary N) is 1. The highest BCUT2D eigenvalue weighted by Crippen LogP contribution is 2.16. The molecule has 100 valence electrons. The number of hydrogen-bond donors (Lipinski definition) is 1. The maximum atomic E-state index is 11.5. The average molecular weight is 251 g/mol. The fraction of sp³-hybridized carbons (Fsp3) is 0.571. The number of rotatable bonds is 4. The first kappa shape index (κ1) is 14.5. The normalized spacial score (nSPS) is 16.7. The van der Waals surface area contributed by atoms with Crippen molar-refractivity contribution in [1.82, 2.24) is 5.32 Å². The van der Waals surface area contributed by atoms with Crippen LogP contribution in [0.1, 0.15) is 40.0 Å². The van der Waals surface area contributed by atoms with Gasteiger partial charge in [-0.05, 0) is 40.0 Å². The predicted octanol–water partition coefficient (Wildman–Crippen LogP) is 2.75. The molecule has 1 unspecified atom stereocenters. The van der Waals surface area contributed by atoms with Gasteiger partial charge in [0.2, 0.25) is 0 Å². The Labute approximate surface area is 108 Å². The monoisotopic (exact) mass is 251 g/mol. The zero-order valence-electron chi connectivity index (χ0n) is 11.2. The average Bonchev–Trinajstić information content (AvgIpc) is 2.27. The maximum Gasteiger partial charge on any atom is 0.408 e. The number of carbonyl (C=O) groups excluding carboxylic acids is 2. The van der Waals surface area contributed by atoms with E-state index in [1.807, 2.05) is 0 Å². The summed E-state index contributed by atoms with van der Waals surface area (Å²) in [5.41, 5.74) is 0.621. The summed E-state index contributed by atoms with van der Waals surface area (Å²) in [7, 11) is 0. The number of ether oxygens (including phenoxy) is 1. The largest absolute Gasteiger partial charge is 0.444 e. The molecule has 0 aliphatic heterocycles. The Hall–Kier alpha value is -1.58. The molecule has 1 aliphatic carbocycles. The first-order chi connectivity index (χ1) is 8.40. The lowest BCUT2D eigenvalue weighted by Gasteiger charge is -2.22. The van der Waals surface area contributed by atoms with Crippen LogP contribution in [-0.4, -0.2) is 24.0 Å². The van der Waals surface area contributed by atoms with Gasteiger partial charge >= 0.3 is 6.09 Å². The van der Waals surface area contributed by atoms with Crippen molar-refractivity contribution in [1.29, 1.82) is 0 Å². The van der Waals surface area contributed by atoms with E-state index in [0.29, 0.717) is 6.42 Å². The lowest BCUT2D eigenvalue weighted by Crippen LogP contribution is -2.40. The van der Waals surface area contributed by atoms with Crippen molar-refractivity contribution in [2.75, 3.05) is 0 Å². The van der Waals surface area contributed by atoms with Crippen LogP contribution in [0.15, 0.2) is 23.8 Å². The van der Waals surface area contributed by atoms with Gasteiger partial charge in [-0.25, -0.2) is 4.79 Å². The Morgan fingerprint density at radius 1 is 1.50 bits per heavy atom. The third kappa shape index (κ3) is 5.66. The fourth-order valence-electron chi connectivity index (χ4n) is 1.69. The SMILES string of the molecule is CC(C)(C)OC(=O)NC(C=O)CC1=CCC=CC1. The summed E-state index contributed by atoms with van der Waals surface area (Å²) in [5, 5.41) is 2.58. The molecule has 0 aromatic heterocycles. The van der Waals surface area contributed by atoms with E-state index in [2.05, 4.69) is 23.5 Å². The smallest absolute Gasteiger partial charge is 0.408 e. The van der Waals surface area contributed by atoms with Crippen molar-refractivity contribution in [3.63, 3.8) is 0 Å². The summed E-state index contributed by atoms with van der Waals surface area (Å²) >= 11 is 0. The molecule has 1 rings (SSSR count). The van der Waals surface area contributed by atoms with Crippen molar-refractivity contribution in [3.8, 4) is 0 Å². The summed E-state index contributed by atoms with van der Waals surface area (Å²) in [5.74, 6) is 0. The summed E-state index contributed by atoms with van der Waals surface area (Å²) in [4.78, 5) is 22.5. The quantitative estimate of drug-likeness (QED) is 0.617. The zero-order chi connectivity index (χ0) is 13.6. The highest BCUT2D eigenvalue weighted by Gasteiger charge is 2.19. The summed E-state index contributed by atoms with van der Waals surface area (Å²) in [6.07, 6.45) is 8.74. The minimum absolute atomic E-state index is 0.516. The minimum atomic E-state index is -0.551. The van der Waals surface area contributed by atoms with E-state index in [4.69, 9.17) is 4.74 Å². The van der Waals surface area contributed by atoms with E-state index < -0.39 is 17.7 Å². The minimum Gasteiger partial charge on any atom is -0.444 e. The van der Waals surface area contributed by atoms with E-state index in [9.17, 15) is 9.59 Å². The summed E-state index contributed by atoms with van der Waals surface area (Å²) in [6, 6.07) is -0.516. The van der Waals surface area contributed by atoms with Gasteiger partial charge < -0.3 is 14.8 Å². The van der Waals surface area contributed by atoms with Crippen LogP contribution in [0.2, 0.25) is 0 Å². The molecule has 0 heterocycles. The molecular formula is C14H21NO3. The third-order valence-electron chi connectivity index (χ3n) is 2.44. The number of hydrogen-bond acceptors (Lipinski definition) is 3. The molecule has 1 atom stereocenters. The molecule has 4 heteroatoms. The van der Waals surface area contributed by atoms with E-state index in [1.54, 1.807) is 20.8 Å². The van der Waals surface area contributed by atoms with Crippen LogP contribution in [-0.2, 0) is 9.53 Å². The second-order valence-electron chi connectivity index (χ2n) is 5.37. The Balaban J connectivity index is 2.44. The van der Waals surface area contributed by atoms with E-state index >= 15 is 0 Å². The molecule has 0 saturated carbocycles. The highest BCUT2D eigenvalue weighted by molar-refractivity contribution is 5.73. The second-order valence-corrected chi connectivity index (χ2v) is 5.37. The van der Waals surface area contributed by atoms with Crippen LogP contribution in [0.25, 0.3) is 0 Å². The number of aldehydes is 1.